The number of carbonyl (C=O) groups is 2. The number of carbonyl (C=O) groups excluding carboxylic acids is 2. The number of hydrogen-bond acceptors (Lipinski definition) is 6. The van der Waals surface area contributed by atoms with Gasteiger partial charge in [0.05, 0.1) is 17.2 Å². The number of sulfone groups is 1. The van der Waals surface area contributed by atoms with E-state index in [1.54, 1.807) is 30.3 Å². The minimum Gasteiger partial charge on any atom is -0.459 e. The van der Waals surface area contributed by atoms with Crippen molar-refractivity contribution in [3.63, 3.8) is 0 Å². The maximum atomic E-state index is 12.4. The molecule has 144 valence electrons. The molecule has 1 heterocycles. The van der Waals surface area contributed by atoms with Crippen molar-refractivity contribution < 1.29 is 22.7 Å². The Labute approximate surface area is 155 Å². The third kappa shape index (κ3) is 6.21. The second-order valence-electron chi connectivity index (χ2n) is 7.66. The number of ether oxygens (including phenoxy) is 1. The number of hydrogen-bond donors (Lipinski definition) is 0. The number of Topliss-reactive ketones (excluding diaryl/α,β-unsaturated/α-hetero) is 1. The molecule has 0 saturated carbocycles. The molecule has 1 atom stereocenters. The smallest absolute Gasteiger partial charge is 0.320 e. The molecule has 1 saturated heterocycles. The predicted molar refractivity (Wildman–Crippen MR) is 98.5 cm³/mol. The van der Waals surface area contributed by atoms with Crippen LogP contribution in [-0.2, 0) is 24.2 Å². The second-order valence-corrected chi connectivity index (χ2v) is 9.76. The van der Waals surface area contributed by atoms with E-state index < -0.39 is 15.4 Å². The summed E-state index contributed by atoms with van der Waals surface area (Å²) in [4.78, 5) is 26.3. The highest BCUT2D eigenvalue weighted by Gasteiger charge is 2.30. The van der Waals surface area contributed by atoms with Gasteiger partial charge >= 0.3 is 5.97 Å². The first-order valence-corrected chi connectivity index (χ1v) is 10.5. The third-order valence-electron chi connectivity index (χ3n) is 4.22. The van der Waals surface area contributed by atoms with E-state index in [1.165, 1.54) is 0 Å². The van der Waals surface area contributed by atoms with Crippen molar-refractivity contribution in [2.45, 2.75) is 44.1 Å². The van der Waals surface area contributed by atoms with E-state index in [0.717, 1.165) is 0 Å². The Morgan fingerprint density at radius 2 is 1.88 bits per heavy atom. The van der Waals surface area contributed by atoms with Crippen LogP contribution in [0, 0.1) is 5.92 Å². The standard InChI is InChI=1S/C19H27NO5S/c1-19(2,3)25-18(22)14-20-11-9-17(21)15(13-20)10-12-26(23,24)16-7-5-4-6-8-16/h4-8,15H,9-14H2,1-3H3. The van der Waals surface area contributed by atoms with E-state index in [-0.39, 0.29) is 41.3 Å². The van der Waals surface area contributed by atoms with Crippen molar-refractivity contribution in [1.82, 2.24) is 4.90 Å². The van der Waals surface area contributed by atoms with Crippen LogP contribution < -0.4 is 0 Å². The van der Waals surface area contributed by atoms with Crippen LogP contribution in [0.1, 0.15) is 33.6 Å². The lowest BCUT2D eigenvalue weighted by Crippen LogP contribution is -2.44. The molecule has 1 unspecified atom stereocenters. The molecule has 0 N–H and O–H groups in total. The minimum atomic E-state index is -3.41. The molecule has 1 aromatic rings. The second kappa shape index (κ2) is 8.31. The number of esters is 1. The topological polar surface area (TPSA) is 80.8 Å². The molecule has 26 heavy (non-hydrogen) atoms. The molecule has 1 fully saturated rings. The van der Waals surface area contributed by atoms with Crippen molar-refractivity contribution in [1.29, 1.82) is 0 Å². The van der Waals surface area contributed by atoms with Crippen LogP contribution >= 0.6 is 0 Å². The summed E-state index contributed by atoms with van der Waals surface area (Å²) in [6, 6.07) is 8.25. The van der Waals surface area contributed by atoms with Gasteiger partial charge in [0, 0.05) is 25.4 Å². The summed E-state index contributed by atoms with van der Waals surface area (Å²) in [7, 11) is -3.41. The zero-order valence-electron chi connectivity index (χ0n) is 15.6. The van der Waals surface area contributed by atoms with Gasteiger partial charge in [-0.3, -0.25) is 14.5 Å². The molecule has 0 radical (unpaired) electrons. The van der Waals surface area contributed by atoms with E-state index in [1.807, 2.05) is 25.7 Å². The molecule has 0 aromatic heterocycles. The Kier molecular flexibility index (Phi) is 6.58. The van der Waals surface area contributed by atoms with E-state index in [9.17, 15) is 18.0 Å². The van der Waals surface area contributed by atoms with Crippen LogP contribution in [0.4, 0.5) is 0 Å². The largest absolute Gasteiger partial charge is 0.459 e. The van der Waals surface area contributed by atoms with Crippen LogP contribution in [0.3, 0.4) is 0 Å². The summed E-state index contributed by atoms with van der Waals surface area (Å²) in [5.41, 5.74) is -0.550. The number of ketones is 1. The number of benzene rings is 1. The molecule has 6 nitrogen and oxygen atoms in total. The van der Waals surface area contributed by atoms with Crippen molar-refractivity contribution >= 4 is 21.6 Å². The van der Waals surface area contributed by atoms with Gasteiger partial charge in [-0.05, 0) is 39.3 Å². The number of piperidine rings is 1. The summed E-state index contributed by atoms with van der Waals surface area (Å²) in [5.74, 6) is -0.714. The van der Waals surface area contributed by atoms with Gasteiger partial charge in [-0.25, -0.2) is 8.42 Å². The van der Waals surface area contributed by atoms with E-state index in [2.05, 4.69) is 0 Å². The highest BCUT2D eigenvalue weighted by molar-refractivity contribution is 7.91. The van der Waals surface area contributed by atoms with Gasteiger partial charge in [0.1, 0.15) is 11.4 Å². The first-order valence-electron chi connectivity index (χ1n) is 8.81. The number of likely N-dealkylation sites (tertiary alicyclic amines) is 1. The molecule has 0 aliphatic carbocycles. The third-order valence-corrected chi connectivity index (χ3v) is 5.98. The van der Waals surface area contributed by atoms with Crippen molar-refractivity contribution in [2.24, 2.45) is 5.92 Å². The summed E-state index contributed by atoms with van der Waals surface area (Å²) in [6.45, 7) is 6.43. The van der Waals surface area contributed by atoms with Crippen molar-refractivity contribution in [3.05, 3.63) is 30.3 Å². The fourth-order valence-corrected chi connectivity index (χ4v) is 4.37. The fourth-order valence-electron chi connectivity index (χ4n) is 2.97. The quantitative estimate of drug-likeness (QED) is 0.702. The SMILES string of the molecule is CC(C)(C)OC(=O)CN1CCC(=O)C(CCS(=O)(=O)c2ccccc2)C1. The lowest BCUT2D eigenvalue weighted by Gasteiger charge is -2.31. The Morgan fingerprint density at radius 3 is 2.50 bits per heavy atom. The van der Waals surface area contributed by atoms with E-state index in [0.29, 0.717) is 19.5 Å². The Balaban J connectivity index is 1.92. The summed E-state index contributed by atoms with van der Waals surface area (Å²) >= 11 is 0. The average molecular weight is 381 g/mol. The van der Waals surface area contributed by atoms with Gasteiger partial charge in [0.15, 0.2) is 9.84 Å². The average Bonchev–Trinajstić information content (AvgIpc) is 2.54. The molecule has 2 rings (SSSR count). The van der Waals surface area contributed by atoms with E-state index >= 15 is 0 Å². The van der Waals surface area contributed by atoms with Gasteiger partial charge < -0.3 is 4.74 Å². The normalized spacial score (nSPS) is 19.3. The zero-order valence-corrected chi connectivity index (χ0v) is 16.4. The highest BCUT2D eigenvalue weighted by Crippen LogP contribution is 2.20. The zero-order chi connectivity index (χ0) is 19.4. The van der Waals surface area contributed by atoms with Gasteiger partial charge in [-0.2, -0.15) is 0 Å². The maximum absolute atomic E-state index is 12.4. The monoisotopic (exact) mass is 381 g/mol. The van der Waals surface area contributed by atoms with E-state index in [4.69, 9.17) is 4.74 Å². The molecule has 1 aromatic carbocycles. The lowest BCUT2D eigenvalue weighted by molar-refractivity contribution is -0.157. The lowest BCUT2D eigenvalue weighted by atomic mass is 9.94. The van der Waals surface area contributed by atoms with Crippen LogP contribution in [0.25, 0.3) is 0 Å². The van der Waals surface area contributed by atoms with Gasteiger partial charge in [-0.15, -0.1) is 0 Å². The Hall–Kier alpha value is -1.73. The molecule has 7 heteroatoms. The Bertz CT molecular complexity index is 737. The minimum absolute atomic E-state index is 0.0636. The summed E-state index contributed by atoms with van der Waals surface area (Å²) < 4.78 is 30.1. The van der Waals surface area contributed by atoms with Crippen molar-refractivity contribution in [3.8, 4) is 0 Å². The molecule has 0 bridgehead atoms. The molecule has 1 aliphatic heterocycles. The molecular formula is C19H27NO5S. The van der Waals surface area contributed by atoms with Crippen LogP contribution in [0.5, 0.6) is 0 Å². The predicted octanol–water partition coefficient (Wildman–Crippen LogP) is 2.08. The highest BCUT2D eigenvalue weighted by atomic mass is 32.2. The Morgan fingerprint density at radius 1 is 1.23 bits per heavy atom. The number of rotatable bonds is 6. The fraction of sp³-hybridized carbons (Fsp3) is 0.579. The maximum Gasteiger partial charge on any atom is 0.320 e. The first-order chi connectivity index (χ1) is 12.1. The molecule has 0 amide bonds. The van der Waals surface area contributed by atoms with Crippen LogP contribution in [-0.4, -0.2) is 56.1 Å². The van der Waals surface area contributed by atoms with Gasteiger partial charge in [0.2, 0.25) is 0 Å². The summed E-state index contributed by atoms with van der Waals surface area (Å²) in [6.07, 6.45) is 0.597. The van der Waals surface area contributed by atoms with Crippen molar-refractivity contribution in [2.75, 3.05) is 25.4 Å². The molecule has 0 spiro atoms. The molecular weight excluding hydrogens is 354 g/mol. The number of nitrogens with zero attached hydrogens (tertiary/aromatic N) is 1. The summed E-state index contributed by atoms with van der Waals surface area (Å²) in [5, 5.41) is 0. The van der Waals surface area contributed by atoms with Gasteiger partial charge in [-0.1, -0.05) is 18.2 Å². The van der Waals surface area contributed by atoms with Gasteiger partial charge in [0.25, 0.3) is 0 Å². The first kappa shape index (κ1) is 20.6. The van der Waals surface area contributed by atoms with Crippen LogP contribution in [0.2, 0.25) is 0 Å². The molecule has 1 aliphatic rings. The van der Waals surface area contributed by atoms with Crippen LogP contribution in [0.15, 0.2) is 35.2 Å².